The Bertz CT molecular complexity index is 620. The number of hydrogen-bond donors (Lipinski definition) is 1. The van der Waals surface area contributed by atoms with E-state index in [2.05, 4.69) is 10.2 Å². The number of fused-ring (bicyclic) bond motifs is 1. The van der Waals surface area contributed by atoms with E-state index in [0.29, 0.717) is 17.3 Å². The molecule has 2 N–H and O–H groups in total. The van der Waals surface area contributed by atoms with Crippen molar-refractivity contribution in [3.8, 4) is 0 Å². The van der Waals surface area contributed by atoms with E-state index in [1.165, 1.54) is 11.8 Å². The number of amides is 1. The number of nitrogens with two attached hydrogens (primary N) is 1. The van der Waals surface area contributed by atoms with Gasteiger partial charge in [0.15, 0.2) is 5.82 Å². The molecule has 86 valence electrons. The van der Waals surface area contributed by atoms with E-state index in [4.69, 9.17) is 5.73 Å². The minimum atomic E-state index is -0.497. The van der Waals surface area contributed by atoms with Gasteiger partial charge in [0, 0.05) is 6.20 Å². The van der Waals surface area contributed by atoms with Crippen molar-refractivity contribution in [2.24, 2.45) is 10.8 Å². The second-order valence-electron chi connectivity index (χ2n) is 3.54. The number of anilines is 1. The Hall–Kier alpha value is -2.02. The highest BCUT2D eigenvalue weighted by Crippen LogP contribution is 2.24. The number of thioether (sulfide) groups is 1. The van der Waals surface area contributed by atoms with Gasteiger partial charge in [-0.25, -0.2) is 9.52 Å². The zero-order chi connectivity index (χ0) is 11.8. The molecule has 0 atom stereocenters. The number of rotatable bonds is 2. The van der Waals surface area contributed by atoms with Gasteiger partial charge in [-0.1, -0.05) is 11.8 Å². The van der Waals surface area contributed by atoms with Gasteiger partial charge in [-0.3, -0.25) is 4.79 Å². The lowest BCUT2D eigenvalue weighted by molar-refractivity contribution is 0.100. The van der Waals surface area contributed by atoms with Gasteiger partial charge in [-0.15, -0.1) is 5.10 Å². The number of carbonyl (C=O) groups excluding carboxylic acids is 1. The fourth-order valence-corrected chi connectivity index (χ4v) is 2.25. The molecule has 0 fully saturated rings. The quantitative estimate of drug-likeness (QED) is 0.855. The average molecular weight is 247 g/mol. The number of hydrazone groups is 1. The van der Waals surface area contributed by atoms with Gasteiger partial charge in [0.2, 0.25) is 0 Å². The molecule has 6 nitrogen and oxygen atoms in total. The lowest BCUT2D eigenvalue weighted by Gasteiger charge is -2.14. The Labute approximate surface area is 101 Å². The van der Waals surface area contributed by atoms with Crippen LogP contribution in [0.1, 0.15) is 10.4 Å². The van der Waals surface area contributed by atoms with Crippen molar-refractivity contribution >= 4 is 34.6 Å². The van der Waals surface area contributed by atoms with Crippen LogP contribution in [0.2, 0.25) is 0 Å². The monoisotopic (exact) mass is 247 g/mol. The van der Waals surface area contributed by atoms with Gasteiger partial charge >= 0.3 is 0 Å². The van der Waals surface area contributed by atoms with E-state index in [1.807, 2.05) is 18.3 Å². The summed E-state index contributed by atoms with van der Waals surface area (Å²) in [6, 6.07) is 5.45. The lowest BCUT2D eigenvalue weighted by atomic mass is 10.2. The number of aromatic nitrogens is 2. The van der Waals surface area contributed by atoms with E-state index in [9.17, 15) is 4.79 Å². The molecule has 2 aromatic heterocycles. The van der Waals surface area contributed by atoms with Crippen molar-refractivity contribution in [3.63, 3.8) is 0 Å². The van der Waals surface area contributed by atoms with Gasteiger partial charge in [0.25, 0.3) is 5.91 Å². The molecular weight excluding hydrogens is 238 g/mol. The van der Waals surface area contributed by atoms with Gasteiger partial charge in [-0.05, 0) is 18.2 Å². The molecule has 0 bridgehead atoms. The maximum absolute atomic E-state index is 11.4. The second kappa shape index (κ2) is 3.77. The van der Waals surface area contributed by atoms with Crippen LogP contribution < -0.4 is 10.7 Å². The van der Waals surface area contributed by atoms with Gasteiger partial charge in [0.05, 0.1) is 22.5 Å². The molecule has 0 radical (unpaired) electrons. The predicted molar refractivity (Wildman–Crippen MR) is 67.1 cm³/mol. The normalized spacial score (nSPS) is 14.7. The van der Waals surface area contributed by atoms with E-state index in [-0.39, 0.29) is 0 Å². The Morgan fingerprint density at radius 2 is 2.41 bits per heavy atom. The first-order chi connectivity index (χ1) is 8.25. The molecule has 17 heavy (non-hydrogen) atoms. The minimum Gasteiger partial charge on any atom is -0.365 e. The van der Waals surface area contributed by atoms with Crippen molar-refractivity contribution in [1.29, 1.82) is 0 Å². The van der Waals surface area contributed by atoms with Crippen LogP contribution >= 0.6 is 11.8 Å². The van der Waals surface area contributed by atoms with Crippen molar-refractivity contribution in [2.45, 2.75) is 0 Å². The predicted octanol–water partition coefficient (Wildman–Crippen LogP) is 0.887. The molecule has 0 aromatic carbocycles. The zero-order valence-corrected chi connectivity index (χ0v) is 9.59. The average Bonchev–Trinajstić information content (AvgIpc) is 2.98. The molecule has 0 unspecified atom stereocenters. The van der Waals surface area contributed by atoms with Crippen molar-refractivity contribution < 1.29 is 4.79 Å². The van der Waals surface area contributed by atoms with Crippen LogP contribution in [-0.4, -0.2) is 26.9 Å². The third-order valence-corrected chi connectivity index (χ3v) is 3.10. The lowest BCUT2D eigenvalue weighted by Crippen LogP contribution is -2.21. The Balaban J connectivity index is 2.21. The first-order valence-corrected chi connectivity index (χ1v) is 6.00. The molecule has 3 rings (SSSR count). The van der Waals surface area contributed by atoms with Crippen molar-refractivity contribution in [3.05, 3.63) is 30.0 Å². The summed E-state index contributed by atoms with van der Waals surface area (Å²) in [5.41, 5.74) is 8.30. The molecule has 0 spiro atoms. The Kier molecular flexibility index (Phi) is 2.25. The second-order valence-corrected chi connectivity index (χ2v) is 4.34. The van der Waals surface area contributed by atoms with Crippen LogP contribution in [0.5, 0.6) is 0 Å². The number of primary amides is 1. The summed E-state index contributed by atoms with van der Waals surface area (Å²) in [4.78, 5) is 11.4. The highest BCUT2D eigenvalue weighted by Gasteiger charge is 2.19. The molecular formula is C10H9N5OS. The highest BCUT2D eigenvalue weighted by molar-refractivity contribution is 8.12. The molecule has 1 aliphatic rings. The molecule has 1 aliphatic heterocycles. The number of carbonyl (C=O) groups is 1. The summed E-state index contributed by atoms with van der Waals surface area (Å²) in [7, 11) is 0. The summed E-state index contributed by atoms with van der Waals surface area (Å²) in [5, 5.41) is 10.1. The molecule has 0 saturated carbocycles. The summed E-state index contributed by atoms with van der Waals surface area (Å²) in [6.07, 6.45) is 1.82. The van der Waals surface area contributed by atoms with Crippen LogP contribution in [-0.2, 0) is 0 Å². The molecule has 2 aromatic rings. The molecule has 0 aliphatic carbocycles. The van der Waals surface area contributed by atoms with Crippen molar-refractivity contribution in [1.82, 2.24) is 9.61 Å². The fraction of sp³-hybridized carbons (Fsp3) is 0.100. The first-order valence-electron chi connectivity index (χ1n) is 4.95. The standard InChI is InChI=1S/C10H9N5OS/c11-9(16)8-4-7-2-1-3-14(7)13-10(8)15-6-17-5-12-15/h1-5H,6H2,(H2,11,16). The molecule has 7 heteroatoms. The van der Waals surface area contributed by atoms with E-state index < -0.39 is 5.91 Å². The van der Waals surface area contributed by atoms with Crippen LogP contribution in [0.25, 0.3) is 5.52 Å². The van der Waals surface area contributed by atoms with Crippen LogP contribution in [0.4, 0.5) is 5.82 Å². The minimum absolute atomic E-state index is 0.385. The maximum Gasteiger partial charge on any atom is 0.252 e. The third-order valence-electron chi connectivity index (χ3n) is 2.46. The van der Waals surface area contributed by atoms with E-state index in [0.717, 1.165) is 5.52 Å². The maximum atomic E-state index is 11.4. The SMILES string of the molecule is NC(=O)c1cc2cccn2nc1N1CSC=N1. The van der Waals surface area contributed by atoms with Gasteiger partial charge in [0.1, 0.15) is 0 Å². The van der Waals surface area contributed by atoms with Crippen LogP contribution in [0, 0.1) is 0 Å². The van der Waals surface area contributed by atoms with E-state index in [1.54, 1.807) is 21.1 Å². The van der Waals surface area contributed by atoms with Crippen molar-refractivity contribution in [2.75, 3.05) is 10.9 Å². The summed E-state index contributed by atoms with van der Waals surface area (Å²) < 4.78 is 1.69. The molecule has 1 amide bonds. The highest BCUT2D eigenvalue weighted by atomic mass is 32.2. The smallest absolute Gasteiger partial charge is 0.252 e. The van der Waals surface area contributed by atoms with Crippen LogP contribution in [0.15, 0.2) is 29.5 Å². The van der Waals surface area contributed by atoms with Crippen LogP contribution in [0.3, 0.4) is 0 Å². The summed E-state index contributed by atoms with van der Waals surface area (Å²) in [5.74, 6) is 0.630. The third kappa shape index (κ3) is 1.64. The topological polar surface area (TPSA) is 76.0 Å². The molecule has 0 saturated heterocycles. The zero-order valence-electron chi connectivity index (χ0n) is 8.78. The van der Waals surface area contributed by atoms with Gasteiger partial charge < -0.3 is 5.73 Å². The summed E-state index contributed by atoms with van der Waals surface area (Å²) >= 11 is 1.54. The Morgan fingerprint density at radius 3 is 3.12 bits per heavy atom. The Morgan fingerprint density at radius 1 is 1.53 bits per heavy atom. The number of hydrogen-bond acceptors (Lipinski definition) is 5. The van der Waals surface area contributed by atoms with Gasteiger partial charge in [-0.2, -0.15) is 5.10 Å². The first kappa shape index (κ1) is 10.2. The molecule has 3 heterocycles. The summed E-state index contributed by atoms with van der Waals surface area (Å²) in [6.45, 7) is 0. The fourth-order valence-electron chi connectivity index (χ4n) is 1.67. The van der Waals surface area contributed by atoms with E-state index >= 15 is 0 Å². The number of nitrogens with zero attached hydrogens (tertiary/aromatic N) is 4. The largest absolute Gasteiger partial charge is 0.365 e.